The Morgan fingerprint density at radius 1 is 1.35 bits per heavy atom. The largest absolute Gasteiger partial charge is 0.413 e. The van der Waals surface area contributed by atoms with E-state index in [9.17, 15) is 0 Å². The monoisotopic (exact) mass is 368 g/mol. The fourth-order valence-electron chi connectivity index (χ4n) is 1.19. The van der Waals surface area contributed by atoms with Crippen LogP contribution in [0.3, 0.4) is 0 Å². The van der Waals surface area contributed by atoms with E-state index in [-0.39, 0.29) is 0 Å². The second-order valence-electron chi connectivity index (χ2n) is 6.40. The summed E-state index contributed by atoms with van der Waals surface area (Å²) in [6, 6.07) is 0. The molecule has 102 valence electrons. The van der Waals surface area contributed by atoms with Crippen molar-refractivity contribution in [1.82, 2.24) is 0 Å². The average Bonchev–Trinajstić information content (AvgIpc) is 2.15. The summed E-state index contributed by atoms with van der Waals surface area (Å²) in [5.41, 5.74) is 1.47. The number of allylic oxidation sites excluding steroid dienone is 1. The molecule has 3 heteroatoms. The van der Waals surface area contributed by atoms with E-state index in [0.29, 0.717) is 11.0 Å². The molecule has 0 aliphatic heterocycles. The lowest BCUT2D eigenvalue weighted by Gasteiger charge is -2.35. The topological polar surface area (TPSA) is 9.23 Å². The highest BCUT2D eigenvalue weighted by molar-refractivity contribution is 14.1. The summed E-state index contributed by atoms with van der Waals surface area (Å²) in [4.78, 5) is 0. The van der Waals surface area contributed by atoms with Crippen LogP contribution in [0.25, 0.3) is 0 Å². The number of alkyl halides is 1. The van der Waals surface area contributed by atoms with Gasteiger partial charge in [0.25, 0.3) is 0 Å². The van der Waals surface area contributed by atoms with Crippen molar-refractivity contribution in [3.05, 3.63) is 11.6 Å². The van der Waals surface area contributed by atoms with Gasteiger partial charge in [0, 0.05) is 4.43 Å². The van der Waals surface area contributed by atoms with E-state index >= 15 is 0 Å². The van der Waals surface area contributed by atoms with Crippen LogP contribution in [0.1, 0.15) is 41.0 Å². The van der Waals surface area contributed by atoms with Crippen molar-refractivity contribution in [2.45, 2.75) is 59.2 Å². The van der Waals surface area contributed by atoms with Gasteiger partial charge in [-0.05, 0) is 37.4 Å². The fourth-order valence-corrected chi connectivity index (χ4v) is 3.06. The molecule has 0 radical (unpaired) electrons. The molecule has 0 fully saturated rings. The van der Waals surface area contributed by atoms with Gasteiger partial charge < -0.3 is 4.43 Å². The van der Waals surface area contributed by atoms with Gasteiger partial charge in [0.05, 0.1) is 6.61 Å². The van der Waals surface area contributed by atoms with Gasteiger partial charge in [0.2, 0.25) is 0 Å². The van der Waals surface area contributed by atoms with E-state index in [1.807, 2.05) is 0 Å². The lowest BCUT2D eigenvalue weighted by molar-refractivity contribution is 0.326. The predicted molar refractivity (Wildman–Crippen MR) is 89.6 cm³/mol. The lowest BCUT2D eigenvalue weighted by Crippen LogP contribution is -2.40. The Hall–Kier alpha value is 0.647. The third-order valence-corrected chi connectivity index (χ3v) is 9.10. The summed E-state index contributed by atoms with van der Waals surface area (Å²) >= 11 is 2.45. The Morgan fingerprint density at radius 2 is 1.88 bits per heavy atom. The Labute approximate surface area is 123 Å². The lowest BCUT2D eigenvalue weighted by atomic mass is 10.0. The van der Waals surface area contributed by atoms with Crippen molar-refractivity contribution in [3.8, 4) is 0 Å². The van der Waals surface area contributed by atoms with Crippen LogP contribution in [0, 0.1) is 5.92 Å². The normalized spacial score (nSPS) is 16.1. The molecule has 1 nitrogen and oxygen atoms in total. The highest BCUT2D eigenvalue weighted by Gasteiger charge is 2.36. The Balaban J connectivity index is 4.27. The molecule has 0 aromatic carbocycles. The van der Waals surface area contributed by atoms with Crippen LogP contribution in [0.4, 0.5) is 0 Å². The molecule has 0 N–H and O–H groups in total. The smallest absolute Gasteiger partial charge is 0.192 e. The third-order valence-electron chi connectivity index (χ3n) is 3.98. The first-order chi connectivity index (χ1) is 7.62. The van der Waals surface area contributed by atoms with Gasteiger partial charge in [-0.3, -0.25) is 0 Å². The molecule has 0 rings (SSSR count). The molecule has 0 aromatic heterocycles. The minimum atomic E-state index is -1.57. The van der Waals surface area contributed by atoms with Gasteiger partial charge in [0.15, 0.2) is 8.32 Å². The fraction of sp³-hybridized carbons (Fsp3) is 0.857. The number of halogens is 1. The molecule has 0 saturated carbocycles. The Kier molecular flexibility index (Phi) is 7.57. The van der Waals surface area contributed by atoms with Crippen LogP contribution < -0.4 is 0 Å². The molecule has 0 aliphatic rings. The molecule has 0 heterocycles. The zero-order valence-corrected chi connectivity index (χ0v) is 15.7. The van der Waals surface area contributed by atoms with Crippen molar-refractivity contribution in [3.63, 3.8) is 0 Å². The molecule has 0 amide bonds. The summed E-state index contributed by atoms with van der Waals surface area (Å²) in [5.74, 6) is 0.690. The molecule has 17 heavy (non-hydrogen) atoms. The number of rotatable bonds is 6. The van der Waals surface area contributed by atoms with Gasteiger partial charge in [-0.25, -0.2) is 0 Å². The van der Waals surface area contributed by atoms with Gasteiger partial charge in [-0.1, -0.05) is 61.9 Å². The van der Waals surface area contributed by atoms with Crippen LogP contribution >= 0.6 is 22.6 Å². The average molecular weight is 368 g/mol. The first-order valence-corrected chi connectivity index (χ1v) is 10.9. The van der Waals surface area contributed by atoms with Crippen LogP contribution in [-0.2, 0) is 4.43 Å². The van der Waals surface area contributed by atoms with Crippen LogP contribution in [0.5, 0.6) is 0 Å². The molecule has 0 saturated heterocycles. The van der Waals surface area contributed by atoms with E-state index in [1.54, 1.807) is 0 Å². The third kappa shape index (κ3) is 6.39. The highest BCUT2D eigenvalue weighted by atomic mass is 127. The molecule has 1 atom stereocenters. The minimum Gasteiger partial charge on any atom is -0.413 e. The van der Waals surface area contributed by atoms with E-state index in [1.165, 1.54) is 16.4 Å². The Morgan fingerprint density at radius 3 is 2.29 bits per heavy atom. The predicted octanol–water partition coefficient (Wildman–Crippen LogP) is 5.42. The first-order valence-electron chi connectivity index (χ1n) is 6.48. The second kappa shape index (κ2) is 7.29. The van der Waals surface area contributed by atoms with Gasteiger partial charge in [-0.15, -0.1) is 0 Å². The maximum atomic E-state index is 6.15. The quantitative estimate of drug-likeness (QED) is 0.263. The summed E-state index contributed by atoms with van der Waals surface area (Å²) in [6.45, 7) is 16.8. The van der Waals surface area contributed by atoms with Gasteiger partial charge in [-0.2, -0.15) is 0 Å². The van der Waals surface area contributed by atoms with Crippen molar-refractivity contribution in [2.24, 2.45) is 5.92 Å². The molecular formula is C14H29IOSi. The van der Waals surface area contributed by atoms with Crippen molar-refractivity contribution < 1.29 is 4.43 Å². The summed E-state index contributed by atoms with van der Waals surface area (Å²) in [5, 5.41) is 0.308. The standard InChI is InChI=1S/C14H29IOSi/c1-12(8-10-15)13(2)9-11-16-17(6,7)14(3,4)5/h9,12H,8,10-11H2,1-7H3/b13-9-. The molecule has 0 aliphatic carbocycles. The maximum Gasteiger partial charge on any atom is 0.192 e. The molecule has 0 spiro atoms. The van der Waals surface area contributed by atoms with E-state index < -0.39 is 8.32 Å². The zero-order chi connectivity index (χ0) is 13.7. The number of hydrogen-bond acceptors (Lipinski definition) is 1. The summed E-state index contributed by atoms with van der Waals surface area (Å²) in [6.07, 6.45) is 3.54. The SMILES string of the molecule is C/C(=C/CO[Si](C)(C)C(C)(C)C)C(C)CCI. The van der Waals surface area contributed by atoms with E-state index in [2.05, 4.69) is 76.4 Å². The minimum absolute atomic E-state index is 0.308. The molecule has 0 bridgehead atoms. The van der Waals surface area contributed by atoms with Gasteiger partial charge in [0.1, 0.15) is 0 Å². The second-order valence-corrected chi connectivity index (χ2v) is 12.3. The Bertz CT molecular complexity index is 253. The van der Waals surface area contributed by atoms with Crippen LogP contribution in [-0.4, -0.2) is 19.4 Å². The maximum absolute atomic E-state index is 6.15. The van der Waals surface area contributed by atoms with Gasteiger partial charge >= 0.3 is 0 Å². The van der Waals surface area contributed by atoms with E-state index in [0.717, 1.165) is 6.61 Å². The zero-order valence-electron chi connectivity index (χ0n) is 12.6. The van der Waals surface area contributed by atoms with Crippen LogP contribution in [0.15, 0.2) is 11.6 Å². The van der Waals surface area contributed by atoms with Crippen molar-refractivity contribution in [2.75, 3.05) is 11.0 Å². The van der Waals surface area contributed by atoms with E-state index in [4.69, 9.17) is 4.43 Å². The summed E-state index contributed by atoms with van der Waals surface area (Å²) < 4.78 is 7.38. The molecule has 1 unspecified atom stereocenters. The molecular weight excluding hydrogens is 339 g/mol. The summed E-state index contributed by atoms with van der Waals surface area (Å²) in [7, 11) is -1.57. The highest BCUT2D eigenvalue weighted by Crippen LogP contribution is 2.36. The van der Waals surface area contributed by atoms with Crippen molar-refractivity contribution in [1.29, 1.82) is 0 Å². The molecule has 0 aromatic rings. The van der Waals surface area contributed by atoms with Crippen molar-refractivity contribution >= 4 is 30.9 Å². The number of hydrogen-bond donors (Lipinski definition) is 0. The van der Waals surface area contributed by atoms with Crippen LogP contribution in [0.2, 0.25) is 18.1 Å². The first kappa shape index (κ1) is 17.6.